The molecule has 0 amide bonds. The van der Waals surface area contributed by atoms with Crippen molar-refractivity contribution < 1.29 is 12.3 Å². The Labute approximate surface area is 72.6 Å². The zero-order chi connectivity index (χ0) is 9.19. The predicted molar refractivity (Wildman–Crippen MR) is 45.0 cm³/mol. The fraction of sp³-hybridized carbons (Fsp3) is 1.00. The van der Waals surface area contributed by atoms with Gasteiger partial charge in [0.25, 0.3) is 0 Å². The molecule has 0 saturated carbocycles. The predicted octanol–water partition coefficient (Wildman–Crippen LogP) is 0.531. The topological polar surface area (TPSA) is 46.2 Å². The van der Waals surface area contributed by atoms with E-state index in [0.29, 0.717) is 12.5 Å². The van der Waals surface area contributed by atoms with Crippen LogP contribution >= 0.6 is 0 Å². The van der Waals surface area contributed by atoms with E-state index < -0.39 is 10.2 Å². The standard InChI is InChI=1S/C7H14FNO2S/c1-6-2-7(4-9-3-6)5-12(8,10)11/h6-7,9H,2-5H2,1H3. The minimum atomic E-state index is -4.29. The number of halogens is 1. The SMILES string of the molecule is CC1CNCC(CS(=O)(=O)F)C1. The summed E-state index contributed by atoms with van der Waals surface area (Å²) in [6.07, 6.45) is 0.802. The van der Waals surface area contributed by atoms with Crippen LogP contribution in [0.25, 0.3) is 0 Å². The first kappa shape index (κ1) is 9.92. The van der Waals surface area contributed by atoms with Crippen LogP contribution in [0.1, 0.15) is 13.3 Å². The van der Waals surface area contributed by atoms with Gasteiger partial charge in [-0.2, -0.15) is 8.42 Å². The van der Waals surface area contributed by atoms with Gasteiger partial charge in [-0.05, 0) is 31.3 Å². The molecule has 1 aliphatic rings. The van der Waals surface area contributed by atoms with Crippen LogP contribution in [0.15, 0.2) is 0 Å². The highest BCUT2D eigenvalue weighted by Crippen LogP contribution is 2.17. The van der Waals surface area contributed by atoms with E-state index in [1.165, 1.54) is 0 Å². The van der Waals surface area contributed by atoms with Crippen molar-refractivity contribution >= 4 is 10.2 Å². The van der Waals surface area contributed by atoms with E-state index in [-0.39, 0.29) is 11.7 Å². The summed E-state index contributed by atoms with van der Waals surface area (Å²) in [5.74, 6) is 0.0684. The van der Waals surface area contributed by atoms with Crippen LogP contribution in [0.2, 0.25) is 0 Å². The summed E-state index contributed by atoms with van der Waals surface area (Å²) >= 11 is 0. The molecule has 2 unspecified atom stereocenters. The Morgan fingerprint density at radius 2 is 2.17 bits per heavy atom. The van der Waals surface area contributed by atoms with E-state index in [0.717, 1.165) is 13.0 Å². The molecule has 2 atom stereocenters. The van der Waals surface area contributed by atoms with E-state index in [4.69, 9.17) is 0 Å². The van der Waals surface area contributed by atoms with Gasteiger partial charge in [0.05, 0.1) is 5.75 Å². The summed E-state index contributed by atoms with van der Waals surface area (Å²) in [4.78, 5) is 0. The quantitative estimate of drug-likeness (QED) is 0.654. The van der Waals surface area contributed by atoms with Crippen LogP contribution in [-0.2, 0) is 10.2 Å². The molecule has 0 aliphatic carbocycles. The molecule has 0 spiro atoms. The molecule has 1 heterocycles. The fourth-order valence-corrected chi connectivity index (χ4v) is 2.50. The molecule has 1 rings (SSSR count). The molecular formula is C7H14FNO2S. The average Bonchev–Trinajstić information content (AvgIpc) is 1.82. The smallest absolute Gasteiger partial charge is 0.302 e. The summed E-state index contributed by atoms with van der Waals surface area (Å²) in [7, 11) is -4.29. The van der Waals surface area contributed by atoms with Gasteiger partial charge < -0.3 is 5.32 Å². The lowest BCUT2D eigenvalue weighted by Gasteiger charge is -2.26. The molecule has 5 heteroatoms. The van der Waals surface area contributed by atoms with Crippen molar-refractivity contribution in [1.82, 2.24) is 5.32 Å². The first-order chi connectivity index (χ1) is 5.47. The van der Waals surface area contributed by atoms with E-state index in [9.17, 15) is 12.3 Å². The van der Waals surface area contributed by atoms with Gasteiger partial charge in [0.2, 0.25) is 0 Å². The number of nitrogens with one attached hydrogen (secondary N) is 1. The molecule has 1 saturated heterocycles. The lowest BCUT2D eigenvalue weighted by molar-refractivity contribution is 0.320. The summed E-state index contributed by atoms with van der Waals surface area (Å²) in [5.41, 5.74) is 0. The van der Waals surface area contributed by atoms with Crippen molar-refractivity contribution in [2.75, 3.05) is 18.8 Å². The first-order valence-corrected chi connectivity index (χ1v) is 5.65. The van der Waals surface area contributed by atoms with Crippen molar-refractivity contribution in [2.24, 2.45) is 11.8 Å². The van der Waals surface area contributed by atoms with Crippen molar-refractivity contribution in [3.05, 3.63) is 0 Å². The van der Waals surface area contributed by atoms with Crippen molar-refractivity contribution in [1.29, 1.82) is 0 Å². The minimum absolute atomic E-state index is 0.0521. The Hall–Kier alpha value is -0.160. The Kier molecular flexibility index (Phi) is 3.06. The van der Waals surface area contributed by atoms with E-state index in [2.05, 4.69) is 5.32 Å². The molecule has 1 N–H and O–H groups in total. The van der Waals surface area contributed by atoms with E-state index in [1.807, 2.05) is 6.92 Å². The van der Waals surface area contributed by atoms with Gasteiger partial charge in [-0.25, -0.2) is 0 Å². The lowest BCUT2D eigenvalue weighted by Crippen LogP contribution is -2.37. The highest BCUT2D eigenvalue weighted by atomic mass is 32.3. The molecule has 3 nitrogen and oxygen atoms in total. The second-order valence-electron chi connectivity index (χ2n) is 3.57. The zero-order valence-corrected chi connectivity index (χ0v) is 7.90. The maximum absolute atomic E-state index is 12.2. The van der Waals surface area contributed by atoms with E-state index >= 15 is 0 Å². The molecule has 0 aromatic rings. The number of rotatable bonds is 2. The third kappa shape index (κ3) is 3.49. The minimum Gasteiger partial charge on any atom is -0.316 e. The average molecular weight is 195 g/mol. The molecule has 0 bridgehead atoms. The van der Waals surface area contributed by atoms with Gasteiger partial charge in [0.1, 0.15) is 0 Å². The molecule has 0 aromatic carbocycles. The largest absolute Gasteiger partial charge is 0.316 e. The van der Waals surface area contributed by atoms with Crippen LogP contribution in [0.4, 0.5) is 3.89 Å². The highest BCUT2D eigenvalue weighted by molar-refractivity contribution is 7.86. The third-order valence-electron chi connectivity index (χ3n) is 2.10. The van der Waals surface area contributed by atoms with Gasteiger partial charge in [0.15, 0.2) is 0 Å². The van der Waals surface area contributed by atoms with Crippen LogP contribution in [0, 0.1) is 11.8 Å². The van der Waals surface area contributed by atoms with Crippen molar-refractivity contribution in [3.63, 3.8) is 0 Å². The Balaban J connectivity index is 2.43. The molecule has 0 radical (unpaired) electrons. The van der Waals surface area contributed by atoms with Crippen LogP contribution in [0.3, 0.4) is 0 Å². The van der Waals surface area contributed by atoms with Crippen LogP contribution < -0.4 is 5.32 Å². The molecule has 1 fully saturated rings. The molecule has 1 aliphatic heterocycles. The Morgan fingerprint density at radius 3 is 2.67 bits per heavy atom. The summed E-state index contributed by atoms with van der Waals surface area (Å²) < 4.78 is 32.9. The molecule has 72 valence electrons. The normalized spacial score (nSPS) is 31.8. The third-order valence-corrected chi connectivity index (χ3v) is 2.97. The van der Waals surface area contributed by atoms with Gasteiger partial charge in [-0.1, -0.05) is 6.92 Å². The number of hydrogen-bond donors (Lipinski definition) is 1. The first-order valence-electron chi connectivity index (χ1n) is 4.10. The van der Waals surface area contributed by atoms with Gasteiger partial charge in [0, 0.05) is 0 Å². The number of hydrogen-bond acceptors (Lipinski definition) is 3. The van der Waals surface area contributed by atoms with Crippen LogP contribution in [-0.4, -0.2) is 27.3 Å². The monoisotopic (exact) mass is 195 g/mol. The van der Waals surface area contributed by atoms with Gasteiger partial charge >= 0.3 is 10.2 Å². The zero-order valence-electron chi connectivity index (χ0n) is 7.09. The number of piperidine rings is 1. The lowest BCUT2D eigenvalue weighted by atomic mass is 9.93. The Bertz CT molecular complexity index is 240. The van der Waals surface area contributed by atoms with Gasteiger partial charge in [-0.15, -0.1) is 3.89 Å². The summed E-state index contributed by atoms with van der Waals surface area (Å²) in [5, 5.41) is 3.08. The van der Waals surface area contributed by atoms with E-state index in [1.54, 1.807) is 0 Å². The molecular weight excluding hydrogens is 181 g/mol. The van der Waals surface area contributed by atoms with Crippen molar-refractivity contribution in [3.8, 4) is 0 Å². The highest BCUT2D eigenvalue weighted by Gasteiger charge is 2.23. The maximum atomic E-state index is 12.2. The van der Waals surface area contributed by atoms with Gasteiger partial charge in [-0.3, -0.25) is 0 Å². The summed E-state index contributed by atoms with van der Waals surface area (Å²) in [6.45, 7) is 3.56. The van der Waals surface area contributed by atoms with Crippen LogP contribution in [0.5, 0.6) is 0 Å². The second-order valence-corrected chi connectivity index (χ2v) is 4.98. The second kappa shape index (κ2) is 3.70. The maximum Gasteiger partial charge on any atom is 0.302 e. The molecule has 12 heavy (non-hydrogen) atoms. The Morgan fingerprint density at radius 1 is 1.50 bits per heavy atom. The van der Waals surface area contributed by atoms with Crippen molar-refractivity contribution in [2.45, 2.75) is 13.3 Å². The fourth-order valence-electron chi connectivity index (χ4n) is 1.68. The summed E-state index contributed by atoms with van der Waals surface area (Å²) in [6, 6.07) is 0. The molecule has 0 aromatic heterocycles.